The van der Waals surface area contributed by atoms with Crippen molar-refractivity contribution in [1.82, 2.24) is 0 Å². The van der Waals surface area contributed by atoms with Crippen molar-refractivity contribution in [3.05, 3.63) is 77.6 Å². The first-order valence-electron chi connectivity index (χ1n) is 11.9. The molecule has 2 unspecified atom stereocenters. The fourth-order valence-corrected chi connectivity index (χ4v) is 5.01. The van der Waals surface area contributed by atoms with Crippen LogP contribution in [0.1, 0.15) is 72.9 Å². The van der Waals surface area contributed by atoms with Gasteiger partial charge in [0.15, 0.2) is 6.04 Å². The summed E-state index contributed by atoms with van der Waals surface area (Å²) in [5.74, 6) is 1.41. The molecular weight excluding hydrogens is 390 g/mol. The highest BCUT2D eigenvalue weighted by molar-refractivity contribution is 5.78. The number of fused-ring (bicyclic) bond motifs is 5. The van der Waals surface area contributed by atoms with E-state index in [1.165, 1.54) is 33.3 Å². The van der Waals surface area contributed by atoms with Gasteiger partial charge in [0.25, 0.3) is 0 Å². The Labute approximate surface area is 193 Å². The molecule has 0 bridgehead atoms. The number of benzene rings is 2. The number of rotatable bonds is 3. The van der Waals surface area contributed by atoms with Crippen LogP contribution in [-0.2, 0) is 4.74 Å². The van der Waals surface area contributed by atoms with E-state index in [0.29, 0.717) is 12.6 Å². The lowest BCUT2D eigenvalue weighted by Gasteiger charge is -2.34. The number of ether oxygens (including phenoxy) is 1. The maximum absolute atomic E-state index is 6.76. The van der Waals surface area contributed by atoms with E-state index in [0.717, 1.165) is 5.76 Å². The van der Waals surface area contributed by atoms with Gasteiger partial charge in [-0.3, -0.25) is 0 Å². The fourth-order valence-electron chi connectivity index (χ4n) is 5.01. The first-order valence-corrected chi connectivity index (χ1v) is 11.9. The van der Waals surface area contributed by atoms with Crippen molar-refractivity contribution in [3.8, 4) is 11.3 Å². The van der Waals surface area contributed by atoms with Gasteiger partial charge in [0, 0.05) is 22.9 Å². The molecule has 1 aliphatic rings. The Hall–Kier alpha value is -2.61. The van der Waals surface area contributed by atoms with Crippen LogP contribution < -0.4 is 4.57 Å². The molecule has 0 N–H and O–H groups in total. The topological polar surface area (TPSA) is 13.1 Å². The number of hydrogen-bond acceptors (Lipinski definition) is 1. The molecule has 168 valence electrons. The molecule has 2 aromatic carbocycles. The lowest BCUT2D eigenvalue weighted by Crippen LogP contribution is -2.47. The van der Waals surface area contributed by atoms with Gasteiger partial charge in [0.2, 0.25) is 11.2 Å². The molecule has 32 heavy (non-hydrogen) atoms. The molecule has 1 aromatic heterocycles. The van der Waals surface area contributed by atoms with Gasteiger partial charge in [-0.05, 0) is 48.6 Å². The molecule has 0 spiro atoms. The van der Waals surface area contributed by atoms with Crippen molar-refractivity contribution in [1.29, 1.82) is 0 Å². The highest BCUT2D eigenvalue weighted by atomic mass is 16.5. The molecule has 4 rings (SSSR count). The second-order valence-electron chi connectivity index (χ2n) is 11.3. The van der Waals surface area contributed by atoms with E-state index in [9.17, 15) is 0 Å². The number of aromatic nitrogens is 1. The third-order valence-corrected chi connectivity index (χ3v) is 7.06. The Bertz CT molecular complexity index is 1170. The van der Waals surface area contributed by atoms with Crippen molar-refractivity contribution < 1.29 is 9.30 Å². The van der Waals surface area contributed by atoms with E-state index >= 15 is 0 Å². The highest BCUT2D eigenvalue weighted by Crippen LogP contribution is 2.42. The van der Waals surface area contributed by atoms with E-state index in [2.05, 4.69) is 121 Å². The zero-order valence-electron chi connectivity index (χ0n) is 21.0. The second-order valence-corrected chi connectivity index (χ2v) is 11.3. The van der Waals surface area contributed by atoms with Crippen molar-refractivity contribution in [2.24, 2.45) is 10.8 Å². The fraction of sp³-hybridized carbons (Fsp3) is 0.433. The molecule has 2 heterocycles. The summed E-state index contributed by atoms with van der Waals surface area (Å²) in [6.07, 6.45) is 0. The van der Waals surface area contributed by atoms with E-state index in [1.807, 2.05) is 0 Å². The van der Waals surface area contributed by atoms with Crippen LogP contribution in [0.3, 0.4) is 0 Å². The zero-order chi connectivity index (χ0) is 23.3. The Morgan fingerprint density at radius 3 is 2.19 bits per heavy atom. The molecule has 1 aliphatic heterocycles. The van der Waals surface area contributed by atoms with E-state index in [1.54, 1.807) is 0 Å². The normalized spacial score (nSPS) is 19.2. The van der Waals surface area contributed by atoms with E-state index < -0.39 is 0 Å². The largest absolute Gasteiger partial charge is 0.497 e. The lowest BCUT2D eigenvalue weighted by molar-refractivity contribution is -0.690. The van der Waals surface area contributed by atoms with Crippen molar-refractivity contribution in [3.63, 3.8) is 0 Å². The Kier molecular flexibility index (Phi) is 5.69. The predicted molar refractivity (Wildman–Crippen MR) is 135 cm³/mol. The second kappa shape index (κ2) is 8.06. The molecule has 2 heteroatoms. The predicted octanol–water partition coefficient (Wildman–Crippen LogP) is 7.84. The molecule has 2 nitrogen and oxygen atoms in total. The van der Waals surface area contributed by atoms with Crippen LogP contribution in [0.25, 0.3) is 22.2 Å². The summed E-state index contributed by atoms with van der Waals surface area (Å²) in [4.78, 5) is 0. The molecule has 0 fully saturated rings. The Morgan fingerprint density at radius 1 is 0.844 bits per heavy atom. The molecule has 0 amide bonds. The molecule has 0 saturated heterocycles. The van der Waals surface area contributed by atoms with Crippen molar-refractivity contribution in [2.75, 3.05) is 6.61 Å². The maximum atomic E-state index is 6.76. The smallest absolute Gasteiger partial charge is 0.213 e. The van der Waals surface area contributed by atoms with Gasteiger partial charge in [0.1, 0.15) is 12.4 Å². The van der Waals surface area contributed by atoms with E-state index in [4.69, 9.17) is 4.74 Å². The van der Waals surface area contributed by atoms with Gasteiger partial charge in [0.05, 0.1) is 11.5 Å². The minimum atomic E-state index is -0.0352. The van der Waals surface area contributed by atoms with Crippen LogP contribution in [0.15, 0.2) is 72.0 Å². The molecule has 0 radical (unpaired) electrons. The monoisotopic (exact) mass is 428 g/mol. The van der Waals surface area contributed by atoms with Crippen molar-refractivity contribution in [2.45, 2.75) is 67.3 Å². The Balaban J connectivity index is 1.80. The first-order chi connectivity index (χ1) is 15.0. The van der Waals surface area contributed by atoms with Gasteiger partial charge >= 0.3 is 0 Å². The maximum Gasteiger partial charge on any atom is 0.213 e. The third-order valence-electron chi connectivity index (χ3n) is 7.06. The first kappa shape index (κ1) is 22.6. The van der Waals surface area contributed by atoms with Gasteiger partial charge < -0.3 is 4.74 Å². The van der Waals surface area contributed by atoms with Gasteiger partial charge in [-0.25, -0.2) is 0 Å². The van der Waals surface area contributed by atoms with Crippen LogP contribution in [0.5, 0.6) is 0 Å². The standard InChI is InChI=1S/C30H38NO/c1-20(29(3,4)5)28(30(6,7)8)32-19-25-21(2)31-26-16-12-9-13-22(26)17-18-27(31)24-15-11-10-14-23(24)25/h9-18,21,25H,19H2,1-8H3/q+1/b28-20+. The van der Waals surface area contributed by atoms with E-state index in [-0.39, 0.29) is 16.7 Å². The average molecular weight is 429 g/mol. The van der Waals surface area contributed by atoms with Gasteiger partial charge in [-0.1, -0.05) is 71.9 Å². The minimum absolute atomic E-state index is 0.0352. The summed E-state index contributed by atoms with van der Waals surface area (Å²) in [6, 6.07) is 22.4. The summed E-state index contributed by atoms with van der Waals surface area (Å²) in [5, 5.41) is 1.28. The number of nitrogens with zero attached hydrogens (tertiary/aromatic N) is 1. The van der Waals surface area contributed by atoms with Crippen molar-refractivity contribution >= 4 is 10.9 Å². The highest BCUT2D eigenvalue weighted by Gasteiger charge is 2.39. The molecular formula is C30H38NO+. The number of para-hydroxylation sites is 1. The molecule has 0 saturated carbocycles. The van der Waals surface area contributed by atoms with Gasteiger partial charge in [-0.2, -0.15) is 4.57 Å². The molecule has 0 aliphatic carbocycles. The summed E-state index contributed by atoms with van der Waals surface area (Å²) in [5.41, 5.74) is 6.66. The third kappa shape index (κ3) is 3.96. The number of pyridine rings is 1. The summed E-state index contributed by atoms with van der Waals surface area (Å²) in [6.45, 7) is 18.8. The summed E-state index contributed by atoms with van der Waals surface area (Å²) < 4.78 is 9.27. The zero-order valence-corrected chi connectivity index (χ0v) is 21.0. The quantitative estimate of drug-likeness (QED) is 0.306. The van der Waals surface area contributed by atoms with Crippen LogP contribution in [0.2, 0.25) is 0 Å². The van der Waals surface area contributed by atoms with Crippen LogP contribution in [-0.4, -0.2) is 6.61 Å². The van der Waals surface area contributed by atoms with Gasteiger partial charge in [-0.15, -0.1) is 0 Å². The molecule has 2 atom stereocenters. The SMILES string of the molecule is C/C(=C(\OCC1c2ccccc2-c2ccc3ccccc3[n+]2C1C)C(C)(C)C)C(C)(C)C. The lowest BCUT2D eigenvalue weighted by atomic mass is 9.80. The Morgan fingerprint density at radius 2 is 1.50 bits per heavy atom. The average Bonchev–Trinajstić information content (AvgIpc) is 2.73. The summed E-state index contributed by atoms with van der Waals surface area (Å²) in [7, 11) is 0. The van der Waals surface area contributed by atoms with Crippen LogP contribution in [0, 0.1) is 10.8 Å². The summed E-state index contributed by atoms with van der Waals surface area (Å²) >= 11 is 0. The van der Waals surface area contributed by atoms with Crippen LogP contribution in [0.4, 0.5) is 0 Å². The van der Waals surface area contributed by atoms with Crippen LogP contribution >= 0.6 is 0 Å². The minimum Gasteiger partial charge on any atom is -0.497 e. The number of hydrogen-bond donors (Lipinski definition) is 0. The number of allylic oxidation sites excluding steroid dienone is 2. The molecule has 3 aromatic rings.